The molecule has 4 nitrogen and oxygen atoms in total. The van der Waals surface area contributed by atoms with Gasteiger partial charge >= 0.3 is 5.97 Å². The molecule has 4 atom stereocenters. The number of carboxylic acids is 1. The summed E-state index contributed by atoms with van der Waals surface area (Å²) in [5.41, 5.74) is 0. The Labute approximate surface area is 107 Å². The molecule has 2 N–H and O–H groups in total. The minimum atomic E-state index is -0.837. The van der Waals surface area contributed by atoms with Gasteiger partial charge in [-0.3, -0.25) is 9.59 Å². The van der Waals surface area contributed by atoms with Crippen LogP contribution in [0, 0.1) is 29.6 Å². The lowest BCUT2D eigenvalue weighted by Crippen LogP contribution is -2.40. The van der Waals surface area contributed by atoms with Crippen LogP contribution in [0.25, 0.3) is 0 Å². The van der Waals surface area contributed by atoms with Crippen molar-refractivity contribution in [3.63, 3.8) is 0 Å². The average Bonchev–Trinajstić information content (AvgIpc) is 2.87. The number of allylic oxidation sites excluding steroid dienone is 2. The SMILES string of the molecule is CC(C)CCNC(=O)C1C2C=CC(C2)C1C(=O)O. The first kappa shape index (κ1) is 13.1. The average molecular weight is 251 g/mol. The molecule has 18 heavy (non-hydrogen) atoms. The van der Waals surface area contributed by atoms with Gasteiger partial charge in [0.15, 0.2) is 0 Å². The van der Waals surface area contributed by atoms with Gasteiger partial charge in [-0.05, 0) is 30.6 Å². The van der Waals surface area contributed by atoms with Gasteiger partial charge in [0.25, 0.3) is 0 Å². The lowest BCUT2D eigenvalue weighted by molar-refractivity contribution is -0.147. The highest BCUT2D eigenvalue weighted by Crippen LogP contribution is 2.48. The van der Waals surface area contributed by atoms with Gasteiger partial charge in [-0.2, -0.15) is 0 Å². The number of hydrogen-bond donors (Lipinski definition) is 2. The Morgan fingerprint density at radius 1 is 1.28 bits per heavy atom. The molecule has 0 aliphatic heterocycles. The van der Waals surface area contributed by atoms with Gasteiger partial charge in [0.2, 0.25) is 5.91 Å². The van der Waals surface area contributed by atoms with E-state index in [2.05, 4.69) is 19.2 Å². The lowest BCUT2D eigenvalue weighted by atomic mass is 9.82. The fourth-order valence-corrected chi connectivity index (χ4v) is 3.12. The second-order valence-corrected chi connectivity index (χ2v) is 5.81. The van der Waals surface area contributed by atoms with Crippen molar-refractivity contribution in [2.24, 2.45) is 29.6 Å². The van der Waals surface area contributed by atoms with E-state index < -0.39 is 11.9 Å². The highest BCUT2D eigenvalue weighted by molar-refractivity contribution is 5.86. The topological polar surface area (TPSA) is 66.4 Å². The molecule has 100 valence electrons. The van der Waals surface area contributed by atoms with Gasteiger partial charge in [0.05, 0.1) is 11.8 Å². The zero-order valence-corrected chi connectivity index (χ0v) is 10.9. The molecule has 0 aromatic carbocycles. The van der Waals surface area contributed by atoms with Crippen LogP contribution in [0.1, 0.15) is 26.7 Å². The van der Waals surface area contributed by atoms with E-state index in [1.165, 1.54) is 0 Å². The van der Waals surface area contributed by atoms with E-state index in [0.29, 0.717) is 12.5 Å². The number of carboxylic acid groups (broad SMARTS) is 1. The van der Waals surface area contributed by atoms with E-state index in [4.69, 9.17) is 0 Å². The van der Waals surface area contributed by atoms with Gasteiger partial charge in [-0.25, -0.2) is 0 Å². The number of hydrogen-bond acceptors (Lipinski definition) is 2. The number of carbonyl (C=O) groups excluding carboxylic acids is 1. The Morgan fingerprint density at radius 2 is 1.89 bits per heavy atom. The van der Waals surface area contributed by atoms with Crippen LogP contribution in [-0.2, 0) is 9.59 Å². The van der Waals surface area contributed by atoms with Crippen molar-refractivity contribution in [1.82, 2.24) is 5.32 Å². The minimum absolute atomic E-state index is 0.0494. The normalized spacial score (nSPS) is 33.1. The number of nitrogens with one attached hydrogen (secondary N) is 1. The highest BCUT2D eigenvalue weighted by Gasteiger charge is 2.51. The van der Waals surface area contributed by atoms with Crippen molar-refractivity contribution < 1.29 is 14.7 Å². The van der Waals surface area contributed by atoms with Crippen molar-refractivity contribution in [2.45, 2.75) is 26.7 Å². The zero-order chi connectivity index (χ0) is 13.3. The van der Waals surface area contributed by atoms with Crippen LogP contribution in [-0.4, -0.2) is 23.5 Å². The molecule has 2 bridgehead atoms. The summed E-state index contributed by atoms with van der Waals surface area (Å²) >= 11 is 0. The first-order valence-corrected chi connectivity index (χ1v) is 6.69. The van der Waals surface area contributed by atoms with Crippen LogP contribution in [0.15, 0.2) is 12.2 Å². The molecule has 1 amide bonds. The fourth-order valence-electron chi connectivity index (χ4n) is 3.12. The first-order chi connectivity index (χ1) is 8.50. The largest absolute Gasteiger partial charge is 0.481 e. The third-order valence-corrected chi connectivity index (χ3v) is 4.07. The van der Waals surface area contributed by atoms with E-state index in [9.17, 15) is 14.7 Å². The van der Waals surface area contributed by atoms with Crippen molar-refractivity contribution in [3.8, 4) is 0 Å². The molecule has 2 rings (SSSR count). The van der Waals surface area contributed by atoms with Gasteiger partial charge in [0, 0.05) is 6.54 Å². The van der Waals surface area contributed by atoms with Gasteiger partial charge < -0.3 is 10.4 Å². The molecule has 4 heteroatoms. The maximum atomic E-state index is 12.1. The van der Waals surface area contributed by atoms with Crippen LogP contribution < -0.4 is 5.32 Å². The molecule has 4 unspecified atom stereocenters. The third kappa shape index (κ3) is 2.42. The van der Waals surface area contributed by atoms with Crippen LogP contribution in [0.3, 0.4) is 0 Å². The Hall–Kier alpha value is -1.32. The number of rotatable bonds is 5. The molecule has 2 aliphatic rings. The number of carbonyl (C=O) groups is 2. The summed E-state index contributed by atoms with van der Waals surface area (Å²) in [7, 11) is 0. The predicted octanol–water partition coefficient (Wildman–Crippen LogP) is 1.67. The van der Waals surface area contributed by atoms with Crippen LogP contribution >= 0.6 is 0 Å². The molecule has 0 aromatic rings. The number of amides is 1. The van der Waals surface area contributed by atoms with Crippen LogP contribution in [0.5, 0.6) is 0 Å². The zero-order valence-electron chi connectivity index (χ0n) is 10.9. The molecule has 0 heterocycles. The highest BCUT2D eigenvalue weighted by atomic mass is 16.4. The summed E-state index contributed by atoms with van der Waals surface area (Å²) in [6.45, 7) is 4.85. The molecule has 0 aromatic heterocycles. The molecule has 1 saturated carbocycles. The third-order valence-electron chi connectivity index (χ3n) is 4.07. The summed E-state index contributed by atoms with van der Waals surface area (Å²) in [5.74, 6) is -1.11. The molecule has 0 saturated heterocycles. The smallest absolute Gasteiger partial charge is 0.307 e. The van der Waals surface area contributed by atoms with E-state index in [-0.39, 0.29) is 23.7 Å². The van der Waals surface area contributed by atoms with Gasteiger partial charge in [-0.15, -0.1) is 0 Å². The Kier molecular flexibility index (Phi) is 3.73. The van der Waals surface area contributed by atoms with Gasteiger partial charge in [-0.1, -0.05) is 26.0 Å². The predicted molar refractivity (Wildman–Crippen MR) is 67.8 cm³/mol. The summed E-state index contributed by atoms with van der Waals surface area (Å²) < 4.78 is 0. The van der Waals surface area contributed by atoms with Crippen molar-refractivity contribution >= 4 is 11.9 Å². The van der Waals surface area contributed by atoms with Crippen LogP contribution in [0.4, 0.5) is 0 Å². The van der Waals surface area contributed by atoms with E-state index in [1.807, 2.05) is 12.2 Å². The lowest BCUT2D eigenvalue weighted by Gasteiger charge is -2.24. The monoisotopic (exact) mass is 251 g/mol. The Balaban J connectivity index is 1.96. The summed E-state index contributed by atoms with van der Waals surface area (Å²) in [6.07, 6.45) is 5.72. The minimum Gasteiger partial charge on any atom is -0.481 e. The molecular weight excluding hydrogens is 230 g/mol. The number of aliphatic carboxylic acids is 1. The first-order valence-electron chi connectivity index (χ1n) is 6.69. The summed E-state index contributed by atoms with van der Waals surface area (Å²) in [4.78, 5) is 23.4. The molecule has 0 spiro atoms. The second kappa shape index (κ2) is 5.12. The summed E-state index contributed by atoms with van der Waals surface area (Å²) in [5, 5.41) is 12.1. The van der Waals surface area contributed by atoms with E-state index in [1.54, 1.807) is 0 Å². The van der Waals surface area contributed by atoms with Crippen molar-refractivity contribution in [1.29, 1.82) is 0 Å². The van der Waals surface area contributed by atoms with Crippen molar-refractivity contribution in [2.75, 3.05) is 6.54 Å². The maximum Gasteiger partial charge on any atom is 0.307 e. The molecular formula is C14H21NO3. The molecule has 1 fully saturated rings. The molecule has 0 radical (unpaired) electrons. The quantitative estimate of drug-likeness (QED) is 0.730. The molecule has 2 aliphatic carbocycles. The van der Waals surface area contributed by atoms with Gasteiger partial charge in [0.1, 0.15) is 0 Å². The fraction of sp³-hybridized carbons (Fsp3) is 0.714. The second-order valence-electron chi connectivity index (χ2n) is 5.81. The number of fused-ring (bicyclic) bond motifs is 2. The van der Waals surface area contributed by atoms with E-state index in [0.717, 1.165) is 12.8 Å². The van der Waals surface area contributed by atoms with Crippen LogP contribution in [0.2, 0.25) is 0 Å². The summed E-state index contributed by atoms with van der Waals surface area (Å²) in [6, 6.07) is 0. The standard InChI is InChI=1S/C14H21NO3/c1-8(2)5-6-15-13(16)11-9-3-4-10(7-9)12(11)14(17)18/h3-4,8-12H,5-7H2,1-2H3,(H,15,16)(H,17,18). The Bertz CT molecular complexity index is 375. The van der Waals surface area contributed by atoms with E-state index >= 15 is 0 Å². The maximum absolute atomic E-state index is 12.1. The van der Waals surface area contributed by atoms with Crippen molar-refractivity contribution in [3.05, 3.63) is 12.2 Å². The Morgan fingerprint density at radius 3 is 2.44 bits per heavy atom.